The minimum atomic E-state index is -0.344. The molecule has 0 aromatic heterocycles. The molecule has 0 saturated carbocycles. The normalized spacial score (nSPS) is 9.69. The third-order valence-corrected chi connectivity index (χ3v) is 1.86. The van der Waals surface area contributed by atoms with Gasteiger partial charge in [-0.05, 0) is 12.5 Å². The first-order valence-electron chi connectivity index (χ1n) is 4.06. The molecule has 3 heteroatoms. The van der Waals surface area contributed by atoms with Crippen LogP contribution in [0.15, 0.2) is 18.2 Å². The molecule has 0 atom stereocenters. The maximum atomic E-state index is 10.7. The van der Waals surface area contributed by atoms with Crippen molar-refractivity contribution in [3.8, 4) is 5.75 Å². The fraction of sp³-hybridized carbons (Fsp3) is 0.300. The molecule has 1 amide bonds. The molecule has 1 aromatic carbocycles. The molecule has 1 rings (SSSR count). The van der Waals surface area contributed by atoms with Crippen molar-refractivity contribution in [2.75, 3.05) is 7.11 Å². The molecule has 0 fully saturated rings. The van der Waals surface area contributed by atoms with E-state index in [4.69, 9.17) is 10.5 Å². The lowest BCUT2D eigenvalue weighted by Crippen LogP contribution is -2.14. The number of nitrogens with two attached hydrogens (primary N) is 1. The van der Waals surface area contributed by atoms with E-state index in [0.29, 0.717) is 0 Å². The molecular formula is C10H13NO2. The lowest BCUT2D eigenvalue weighted by molar-refractivity contribution is -0.117. The van der Waals surface area contributed by atoms with Crippen molar-refractivity contribution in [2.45, 2.75) is 13.3 Å². The van der Waals surface area contributed by atoms with Gasteiger partial charge in [0.05, 0.1) is 13.5 Å². The highest BCUT2D eigenvalue weighted by Gasteiger charge is 2.07. The summed E-state index contributed by atoms with van der Waals surface area (Å²) in [7, 11) is 1.59. The summed E-state index contributed by atoms with van der Waals surface area (Å²) >= 11 is 0. The van der Waals surface area contributed by atoms with Crippen molar-refractivity contribution in [3.05, 3.63) is 29.3 Å². The van der Waals surface area contributed by atoms with Gasteiger partial charge in [-0.2, -0.15) is 0 Å². The van der Waals surface area contributed by atoms with Crippen LogP contribution >= 0.6 is 0 Å². The first-order chi connectivity index (χ1) is 6.15. The fourth-order valence-corrected chi connectivity index (χ4v) is 1.33. The van der Waals surface area contributed by atoms with Crippen LogP contribution in [0.1, 0.15) is 11.1 Å². The third-order valence-electron chi connectivity index (χ3n) is 1.86. The van der Waals surface area contributed by atoms with Crippen LogP contribution < -0.4 is 10.5 Å². The zero-order chi connectivity index (χ0) is 9.84. The van der Waals surface area contributed by atoms with E-state index in [-0.39, 0.29) is 12.3 Å². The van der Waals surface area contributed by atoms with Crippen LogP contribution in [0.3, 0.4) is 0 Å². The summed E-state index contributed by atoms with van der Waals surface area (Å²) < 4.78 is 5.17. The van der Waals surface area contributed by atoms with Crippen molar-refractivity contribution >= 4 is 5.91 Å². The fourth-order valence-electron chi connectivity index (χ4n) is 1.33. The SMILES string of the molecule is COc1c(C)cccc1CC(N)=O. The number of amides is 1. The molecule has 0 aliphatic heterocycles. The van der Waals surface area contributed by atoms with Crippen molar-refractivity contribution in [3.63, 3.8) is 0 Å². The lowest BCUT2D eigenvalue weighted by Gasteiger charge is -2.09. The Morgan fingerprint density at radius 1 is 1.54 bits per heavy atom. The molecule has 0 aliphatic rings. The van der Waals surface area contributed by atoms with Crippen LogP contribution in [0.2, 0.25) is 0 Å². The van der Waals surface area contributed by atoms with Gasteiger partial charge in [0.25, 0.3) is 0 Å². The molecule has 1 aromatic rings. The van der Waals surface area contributed by atoms with Crippen LogP contribution in [0.5, 0.6) is 5.75 Å². The summed E-state index contributed by atoms with van der Waals surface area (Å²) in [6.45, 7) is 1.93. The second-order valence-corrected chi connectivity index (χ2v) is 2.91. The van der Waals surface area contributed by atoms with Gasteiger partial charge in [0, 0.05) is 5.56 Å². The molecule has 0 heterocycles. The topological polar surface area (TPSA) is 52.3 Å². The van der Waals surface area contributed by atoms with E-state index >= 15 is 0 Å². The molecule has 3 nitrogen and oxygen atoms in total. The number of hydrogen-bond acceptors (Lipinski definition) is 2. The predicted octanol–water partition coefficient (Wildman–Crippen LogP) is 1.03. The van der Waals surface area contributed by atoms with E-state index < -0.39 is 0 Å². The third kappa shape index (κ3) is 2.21. The Bertz CT molecular complexity index is 321. The van der Waals surface area contributed by atoms with E-state index in [1.54, 1.807) is 7.11 Å². The molecule has 0 radical (unpaired) electrons. The predicted molar refractivity (Wildman–Crippen MR) is 50.6 cm³/mol. The number of rotatable bonds is 3. The van der Waals surface area contributed by atoms with Gasteiger partial charge in [0.2, 0.25) is 5.91 Å². The van der Waals surface area contributed by atoms with Gasteiger partial charge in [-0.1, -0.05) is 18.2 Å². The van der Waals surface area contributed by atoms with Gasteiger partial charge < -0.3 is 10.5 Å². The zero-order valence-corrected chi connectivity index (χ0v) is 7.83. The Kier molecular flexibility index (Phi) is 2.90. The van der Waals surface area contributed by atoms with Gasteiger partial charge in [-0.15, -0.1) is 0 Å². The molecule has 70 valence electrons. The van der Waals surface area contributed by atoms with E-state index in [0.717, 1.165) is 16.9 Å². The number of methoxy groups -OCH3 is 1. The molecule has 0 bridgehead atoms. The van der Waals surface area contributed by atoms with Gasteiger partial charge in [-0.3, -0.25) is 4.79 Å². The Hall–Kier alpha value is -1.51. The Balaban J connectivity index is 3.05. The molecule has 0 aliphatic carbocycles. The number of carbonyl (C=O) groups is 1. The highest BCUT2D eigenvalue weighted by atomic mass is 16.5. The Labute approximate surface area is 77.5 Å². The van der Waals surface area contributed by atoms with Crippen molar-refractivity contribution < 1.29 is 9.53 Å². The van der Waals surface area contributed by atoms with E-state index in [1.165, 1.54) is 0 Å². The standard InChI is InChI=1S/C10H13NO2/c1-7-4-3-5-8(6-9(11)12)10(7)13-2/h3-5H,6H2,1-2H3,(H2,11,12). The Morgan fingerprint density at radius 2 is 2.23 bits per heavy atom. The average molecular weight is 179 g/mol. The number of aryl methyl sites for hydroxylation is 1. The van der Waals surface area contributed by atoms with Gasteiger partial charge in [0.1, 0.15) is 5.75 Å². The highest BCUT2D eigenvalue weighted by Crippen LogP contribution is 2.22. The lowest BCUT2D eigenvalue weighted by atomic mass is 10.1. The first kappa shape index (κ1) is 9.58. The summed E-state index contributed by atoms with van der Waals surface area (Å²) in [5.74, 6) is 0.408. The number of carbonyl (C=O) groups excluding carboxylic acids is 1. The average Bonchev–Trinajstić information content (AvgIpc) is 2.03. The zero-order valence-electron chi connectivity index (χ0n) is 7.83. The van der Waals surface area contributed by atoms with E-state index in [1.807, 2.05) is 25.1 Å². The van der Waals surface area contributed by atoms with Crippen LogP contribution in [-0.2, 0) is 11.2 Å². The molecular weight excluding hydrogens is 166 g/mol. The molecule has 0 saturated heterocycles. The van der Waals surface area contributed by atoms with E-state index in [9.17, 15) is 4.79 Å². The summed E-state index contributed by atoms with van der Waals surface area (Å²) in [6, 6.07) is 5.66. The molecule has 13 heavy (non-hydrogen) atoms. The van der Waals surface area contributed by atoms with Gasteiger partial charge in [0.15, 0.2) is 0 Å². The van der Waals surface area contributed by atoms with Gasteiger partial charge in [-0.25, -0.2) is 0 Å². The number of para-hydroxylation sites is 1. The maximum Gasteiger partial charge on any atom is 0.221 e. The maximum absolute atomic E-state index is 10.7. The minimum absolute atomic E-state index is 0.227. The summed E-state index contributed by atoms with van der Waals surface area (Å²) in [6.07, 6.45) is 0.227. The van der Waals surface area contributed by atoms with Crippen LogP contribution in [0, 0.1) is 6.92 Å². The Morgan fingerprint density at radius 3 is 2.77 bits per heavy atom. The van der Waals surface area contributed by atoms with Crippen LogP contribution in [0.25, 0.3) is 0 Å². The second-order valence-electron chi connectivity index (χ2n) is 2.91. The van der Waals surface area contributed by atoms with E-state index in [2.05, 4.69) is 0 Å². The molecule has 2 N–H and O–H groups in total. The van der Waals surface area contributed by atoms with Crippen molar-refractivity contribution in [1.29, 1.82) is 0 Å². The largest absolute Gasteiger partial charge is 0.496 e. The molecule has 0 spiro atoms. The smallest absolute Gasteiger partial charge is 0.221 e. The minimum Gasteiger partial charge on any atom is -0.496 e. The number of benzene rings is 1. The number of primary amides is 1. The number of ether oxygens (including phenoxy) is 1. The highest BCUT2D eigenvalue weighted by molar-refractivity contribution is 5.77. The molecule has 0 unspecified atom stereocenters. The quantitative estimate of drug-likeness (QED) is 0.753. The summed E-state index contributed by atoms with van der Waals surface area (Å²) in [5.41, 5.74) is 6.96. The summed E-state index contributed by atoms with van der Waals surface area (Å²) in [4.78, 5) is 10.7. The second kappa shape index (κ2) is 3.94. The first-order valence-corrected chi connectivity index (χ1v) is 4.06. The van der Waals surface area contributed by atoms with Crippen LogP contribution in [-0.4, -0.2) is 13.0 Å². The van der Waals surface area contributed by atoms with Gasteiger partial charge >= 0.3 is 0 Å². The van der Waals surface area contributed by atoms with Crippen molar-refractivity contribution in [2.24, 2.45) is 5.73 Å². The van der Waals surface area contributed by atoms with Crippen LogP contribution in [0.4, 0.5) is 0 Å². The number of hydrogen-bond donors (Lipinski definition) is 1. The monoisotopic (exact) mass is 179 g/mol. The van der Waals surface area contributed by atoms with Crippen molar-refractivity contribution in [1.82, 2.24) is 0 Å². The summed E-state index contributed by atoms with van der Waals surface area (Å²) in [5, 5.41) is 0.